The Morgan fingerprint density at radius 3 is 3.18 bits per heavy atom. The standard InChI is InChI=1S/C11H15N3O2S/c1-8(2)7-16-13-10(15)5-9-6-14-3-4-17-11(14)12-9/h3-4,6,8H,5,7H2,1-2H3,(H,13,15). The molecule has 0 saturated heterocycles. The van der Waals surface area contributed by atoms with Crippen LogP contribution in [0.3, 0.4) is 0 Å². The van der Waals surface area contributed by atoms with E-state index in [1.807, 2.05) is 36.0 Å². The highest BCUT2D eigenvalue weighted by molar-refractivity contribution is 7.15. The second-order valence-corrected chi connectivity index (χ2v) is 5.10. The lowest BCUT2D eigenvalue weighted by atomic mass is 10.2. The van der Waals surface area contributed by atoms with Crippen molar-refractivity contribution in [1.29, 1.82) is 0 Å². The molecular weight excluding hydrogens is 238 g/mol. The first kappa shape index (κ1) is 12.1. The molecule has 0 aliphatic carbocycles. The van der Waals surface area contributed by atoms with Crippen LogP contribution in [0.4, 0.5) is 0 Å². The van der Waals surface area contributed by atoms with E-state index in [4.69, 9.17) is 4.84 Å². The zero-order valence-electron chi connectivity index (χ0n) is 9.84. The van der Waals surface area contributed by atoms with Gasteiger partial charge in [0.2, 0.25) is 5.91 Å². The number of carbonyl (C=O) groups excluding carboxylic acids is 1. The van der Waals surface area contributed by atoms with Gasteiger partial charge in [0, 0.05) is 17.8 Å². The highest BCUT2D eigenvalue weighted by atomic mass is 32.1. The topological polar surface area (TPSA) is 55.6 Å². The van der Waals surface area contributed by atoms with Gasteiger partial charge in [-0.1, -0.05) is 13.8 Å². The van der Waals surface area contributed by atoms with Gasteiger partial charge in [-0.15, -0.1) is 11.3 Å². The Bertz CT molecular complexity index is 475. The number of amides is 1. The van der Waals surface area contributed by atoms with Crippen LogP contribution in [0.25, 0.3) is 4.96 Å². The van der Waals surface area contributed by atoms with E-state index in [1.54, 1.807) is 11.3 Å². The smallest absolute Gasteiger partial charge is 0.249 e. The quantitative estimate of drug-likeness (QED) is 0.824. The van der Waals surface area contributed by atoms with Crippen molar-refractivity contribution in [1.82, 2.24) is 14.9 Å². The van der Waals surface area contributed by atoms with E-state index < -0.39 is 0 Å². The summed E-state index contributed by atoms with van der Waals surface area (Å²) in [4.78, 5) is 21.8. The first-order valence-electron chi connectivity index (χ1n) is 5.47. The van der Waals surface area contributed by atoms with Crippen molar-refractivity contribution in [3.63, 3.8) is 0 Å². The molecule has 6 heteroatoms. The van der Waals surface area contributed by atoms with E-state index in [9.17, 15) is 4.79 Å². The molecule has 1 amide bonds. The maximum atomic E-state index is 11.5. The molecule has 2 aromatic rings. The maximum absolute atomic E-state index is 11.5. The van der Waals surface area contributed by atoms with E-state index in [1.165, 1.54) is 0 Å². The van der Waals surface area contributed by atoms with Gasteiger partial charge >= 0.3 is 0 Å². The lowest BCUT2D eigenvalue weighted by Crippen LogP contribution is -2.27. The van der Waals surface area contributed by atoms with Crippen LogP contribution in [-0.4, -0.2) is 21.9 Å². The molecule has 17 heavy (non-hydrogen) atoms. The zero-order chi connectivity index (χ0) is 12.3. The summed E-state index contributed by atoms with van der Waals surface area (Å²) < 4.78 is 1.91. The van der Waals surface area contributed by atoms with Crippen molar-refractivity contribution < 1.29 is 9.63 Å². The maximum Gasteiger partial charge on any atom is 0.249 e. The minimum Gasteiger partial charge on any atom is -0.297 e. The average molecular weight is 253 g/mol. The number of rotatable bonds is 5. The first-order chi connectivity index (χ1) is 8.15. The average Bonchev–Trinajstić information content (AvgIpc) is 2.76. The van der Waals surface area contributed by atoms with Crippen molar-refractivity contribution in [2.45, 2.75) is 20.3 Å². The monoisotopic (exact) mass is 253 g/mol. The fraction of sp³-hybridized carbons (Fsp3) is 0.455. The number of nitrogens with zero attached hydrogens (tertiary/aromatic N) is 2. The molecule has 0 atom stereocenters. The molecule has 2 aromatic heterocycles. The molecule has 92 valence electrons. The van der Waals surface area contributed by atoms with Gasteiger partial charge in [0.25, 0.3) is 0 Å². The summed E-state index contributed by atoms with van der Waals surface area (Å²) >= 11 is 1.55. The Kier molecular flexibility index (Phi) is 3.75. The molecule has 0 aliphatic rings. The van der Waals surface area contributed by atoms with E-state index in [2.05, 4.69) is 10.5 Å². The molecule has 5 nitrogen and oxygen atoms in total. The van der Waals surface area contributed by atoms with E-state index in [0.29, 0.717) is 12.5 Å². The van der Waals surface area contributed by atoms with E-state index >= 15 is 0 Å². The molecule has 0 aliphatic heterocycles. The highest BCUT2D eigenvalue weighted by Crippen LogP contribution is 2.11. The molecule has 0 bridgehead atoms. The fourth-order valence-corrected chi connectivity index (χ4v) is 2.07. The predicted octanol–water partition coefficient (Wildman–Crippen LogP) is 1.64. The summed E-state index contributed by atoms with van der Waals surface area (Å²) in [5.41, 5.74) is 3.17. The summed E-state index contributed by atoms with van der Waals surface area (Å²) in [5.74, 6) is 0.227. The summed E-state index contributed by atoms with van der Waals surface area (Å²) in [6.45, 7) is 4.56. The summed E-state index contributed by atoms with van der Waals surface area (Å²) in [7, 11) is 0. The van der Waals surface area contributed by atoms with Crippen LogP contribution in [0, 0.1) is 5.92 Å². The summed E-state index contributed by atoms with van der Waals surface area (Å²) in [6.07, 6.45) is 4.02. The Morgan fingerprint density at radius 2 is 2.47 bits per heavy atom. The normalized spacial score (nSPS) is 11.2. The van der Waals surface area contributed by atoms with Crippen molar-refractivity contribution in [3.05, 3.63) is 23.5 Å². The van der Waals surface area contributed by atoms with Gasteiger partial charge in [0.1, 0.15) is 0 Å². The zero-order valence-corrected chi connectivity index (χ0v) is 10.7. The second kappa shape index (κ2) is 5.29. The third kappa shape index (κ3) is 3.28. The van der Waals surface area contributed by atoms with Crippen molar-refractivity contribution >= 4 is 22.2 Å². The second-order valence-electron chi connectivity index (χ2n) is 4.23. The molecule has 0 spiro atoms. The molecule has 2 rings (SSSR count). The number of imidazole rings is 1. The number of aromatic nitrogens is 2. The van der Waals surface area contributed by atoms with Crippen molar-refractivity contribution in [2.24, 2.45) is 5.92 Å². The molecule has 1 N–H and O–H groups in total. The largest absolute Gasteiger partial charge is 0.297 e. The summed E-state index contributed by atoms with van der Waals surface area (Å²) in [5, 5.41) is 1.96. The number of nitrogens with one attached hydrogen (secondary N) is 1. The summed E-state index contributed by atoms with van der Waals surface area (Å²) in [6, 6.07) is 0. The van der Waals surface area contributed by atoms with Gasteiger partial charge in [-0.3, -0.25) is 14.0 Å². The van der Waals surface area contributed by atoms with Crippen LogP contribution in [-0.2, 0) is 16.1 Å². The van der Waals surface area contributed by atoms with Gasteiger partial charge in [0.05, 0.1) is 18.7 Å². The van der Waals surface area contributed by atoms with Gasteiger partial charge in [-0.2, -0.15) is 0 Å². The van der Waals surface area contributed by atoms with Gasteiger partial charge in [-0.25, -0.2) is 10.5 Å². The molecule has 0 fully saturated rings. The minimum absolute atomic E-state index is 0.170. The van der Waals surface area contributed by atoms with Crippen LogP contribution in [0.5, 0.6) is 0 Å². The Morgan fingerprint density at radius 1 is 1.65 bits per heavy atom. The Labute approximate surface area is 103 Å². The molecule has 0 saturated carbocycles. The van der Waals surface area contributed by atoms with Crippen LogP contribution in [0.2, 0.25) is 0 Å². The van der Waals surface area contributed by atoms with E-state index in [-0.39, 0.29) is 12.3 Å². The van der Waals surface area contributed by atoms with E-state index in [0.717, 1.165) is 10.7 Å². The number of carbonyl (C=O) groups is 1. The lowest BCUT2D eigenvalue weighted by Gasteiger charge is -2.06. The molecular formula is C11H15N3O2S. The van der Waals surface area contributed by atoms with Gasteiger partial charge in [0.15, 0.2) is 4.96 Å². The van der Waals surface area contributed by atoms with Crippen molar-refractivity contribution in [3.8, 4) is 0 Å². The third-order valence-electron chi connectivity index (χ3n) is 2.09. The fourth-order valence-electron chi connectivity index (χ4n) is 1.35. The van der Waals surface area contributed by atoms with Crippen molar-refractivity contribution in [2.75, 3.05) is 6.61 Å². The number of hydroxylamine groups is 1. The van der Waals surface area contributed by atoms with Crippen LogP contribution >= 0.6 is 11.3 Å². The molecule has 0 aromatic carbocycles. The minimum atomic E-state index is -0.170. The number of fused-ring (bicyclic) bond motifs is 1. The molecule has 0 radical (unpaired) electrons. The highest BCUT2D eigenvalue weighted by Gasteiger charge is 2.08. The SMILES string of the molecule is CC(C)CONC(=O)Cc1cn2ccsc2n1. The Balaban J connectivity index is 1.84. The number of hydrogen-bond donors (Lipinski definition) is 1. The lowest BCUT2D eigenvalue weighted by molar-refractivity contribution is -0.133. The predicted molar refractivity (Wildman–Crippen MR) is 65.7 cm³/mol. The van der Waals surface area contributed by atoms with Gasteiger partial charge < -0.3 is 0 Å². The number of thiazole rings is 1. The number of hydrogen-bond acceptors (Lipinski definition) is 4. The van der Waals surface area contributed by atoms with Crippen LogP contribution in [0.1, 0.15) is 19.5 Å². The van der Waals surface area contributed by atoms with Crippen LogP contribution < -0.4 is 5.48 Å². The Hall–Kier alpha value is -1.40. The first-order valence-corrected chi connectivity index (χ1v) is 6.35. The molecule has 2 heterocycles. The third-order valence-corrected chi connectivity index (χ3v) is 2.86. The van der Waals surface area contributed by atoms with Crippen LogP contribution in [0.15, 0.2) is 17.8 Å². The molecule has 0 unspecified atom stereocenters. The van der Waals surface area contributed by atoms with Gasteiger partial charge in [-0.05, 0) is 5.92 Å².